The molecule has 1 rings (SSSR count). The maximum atomic E-state index is 12.8. The average molecular weight is 358 g/mol. The van der Waals surface area contributed by atoms with Crippen molar-refractivity contribution in [2.24, 2.45) is 0 Å². The predicted molar refractivity (Wildman–Crippen MR) is 74.0 cm³/mol. The van der Waals surface area contributed by atoms with Crippen LogP contribution in [0, 0.1) is 23.3 Å². The van der Waals surface area contributed by atoms with Crippen LogP contribution in [0.3, 0.4) is 0 Å². The molecule has 0 aromatic heterocycles. The average Bonchev–Trinajstić information content (AvgIpc) is 2.55. The van der Waals surface area contributed by atoms with E-state index in [9.17, 15) is 27.2 Å². The fourth-order valence-corrected chi connectivity index (χ4v) is 1.00. The van der Waals surface area contributed by atoms with E-state index in [4.69, 9.17) is 20.4 Å². The lowest BCUT2D eigenvalue weighted by molar-refractivity contribution is -0.137. The molecule has 0 bridgehead atoms. The Balaban J connectivity index is 0. The van der Waals surface area contributed by atoms with Gasteiger partial charge in [0.2, 0.25) is 0 Å². The van der Waals surface area contributed by atoms with Crippen LogP contribution < -0.4 is 0 Å². The van der Waals surface area contributed by atoms with Crippen LogP contribution in [0.2, 0.25) is 0 Å². The van der Waals surface area contributed by atoms with E-state index in [1.54, 1.807) is 13.8 Å². The van der Waals surface area contributed by atoms with Crippen LogP contribution in [0.1, 0.15) is 37.8 Å². The molecule has 138 valence electrons. The molecular weight excluding hydrogens is 340 g/mol. The molecule has 0 fully saturated rings. The Hall–Kier alpha value is -2.20. The number of hydrogen-bond acceptors (Lipinski definition) is 4. The lowest BCUT2D eigenvalue weighted by Gasteiger charge is -2.08. The molecule has 0 saturated carbocycles. The van der Waals surface area contributed by atoms with Gasteiger partial charge < -0.3 is 20.4 Å². The predicted octanol–water partition coefficient (Wildman–Crippen LogP) is 2.19. The minimum absolute atomic E-state index is 0.222. The van der Waals surface area contributed by atoms with Gasteiger partial charge in [-0.3, -0.25) is 9.59 Å². The normalized spacial score (nSPS) is 9.33. The molecule has 24 heavy (non-hydrogen) atoms. The third kappa shape index (κ3) is 7.88. The summed E-state index contributed by atoms with van der Waals surface area (Å²) in [6, 6.07) is 0. The first-order valence-electron chi connectivity index (χ1n) is 6.57. The van der Waals surface area contributed by atoms with Crippen molar-refractivity contribution in [1.82, 2.24) is 0 Å². The van der Waals surface area contributed by atoms with Gasteiger partial charge in [0.1, 0.15) is 0 Å². The highest BCUT2D eigenvalue weighted by Crippen LogP contribution is 2.23. The summed E-state index contributed by atoms with van der Waals surface area (Å²) in [4.78, 5) is 18.7. The number of halogens is 4. The molecule has 1 aromatic rings. The molecular formula is C14H18F4O6. The molecule has 0 radical (unpaired) electrons. The van der Waals surface area contributed by atoms with E-state index >= 15 is 0 Å². The topological polar surface area (TPSA) is 115 Å². The van der Waals surface area contributed by atoms with Crippen molar-refractivity contribution in [2.45, 2.75) is 39.9 Å². The summed E-state index contributed by atoms with van der Waals surface area (Å²) in [6.45, 7) is 0.888. The summed E-state index contributed by atoms with van der Waals surface area (Å²) in [5.74, 6) is -8.23. The van der Waals surface area contributed by atoms with Crippen LogP contribution in [0.25, 0.3) is 0 Å². The molecule has 6 nitrogen and oxygen atoms in total. The minimum atomic E-state index is -1.68. The van der Waals surface area contributed by atoms with Crippen LogP contribution in [-0.2, 0) is 22.8 Å². The van der Waals surface area contributed by atoms with Crippen molar-refractivity contribution >= 4 is 11.9 Å². The van der Waals surface area contributed by atoms with Gasteiger partial charge in [0, 0.05) is 12.8 Å². The summed E-state index contributed by atoms with van der Waals surface area (Å²) in [5.41, 5.74) is -2.17. The Morgan fingerprint density at radius 2 is 0.875 bits per heavy atom. The highest BCUT2D eigenvalue weighted by atomic mass is 19.2. The van der Waals surface area contributed by atoms with E-state index in [2.05, 4.69) is 0 Å². The molecule has 0 aliphatic heterocycles. The molecule has 0 heterocycles. The number of aliphatic carboxylic acids is 2. The molecule has 0 spiro atoms. The number of aliphatic hydroxyl groups excluding tert-OH is 2. The zero-order chi connectivity index (χ0) is 19.4. The van der Waals surface area contributed by atoms with Crippen LogP contribution in [-0.4, -0.2) is 32.4 Å². The molecule has 0 saturated heterocycles. The van der Waals surface area contributed by atoms with E-state index in [0.29, 0.717) is 0 Å². The third-order valence-electron chi connectivity index (χ3n) is 2.37. The van der Waals surface area contributed by atoms with Gasteiger partial charge in [0.05, 0.1) is 24.3 Å². The number of aliphatic hydroxyl groups is 2. The highest BCUT2D eigenvalue weighted by Gasteiger charge is 2.23. The van der Waals surface area contributed by atoms with E-state index in [1.165, 1.54) is 0 Å². The maximum absolute atomic E-state index is 12.8. The van der Waals surface area contributed by atoms with Crippen molar-refractivity contribution in [3.63, 3.8) is 0 Å². The quantitative estimate of drug-likeness (QED) is 0.484. The molecule has 0 aliphatic rings. The second-order valence-electron chi connectivity index (χ2n) is 4.02. The van der Waals surface area contributed by atoms with Crippen LogP contribution in [0.4, 0.5) is 17.6 Å². The van der Waals surface area contributed by atoms with Gasteiger partial charge in [0.15, 0.2) is 23.3 Å². The zero-order valence-corrected chi connectivity index (χ0v) is 12.9. The lowest BCUT2D eigenvalue weighted by Crippen LogP contribution is -2.08. The maximum Gasteiger partial charge on any atom is 0.303 e. The van der Waals surface area contributed by atoms with Gasteiger partial charge in [-0.05, 0) is 0 Å². The van der Waals surface area contributed by atoms with Gasteiger partial charge >= 0.3 is 11.9 Å². The number of rotatable bonds is 4. The molecule has 10 heteroatoms. The molecule has 0 atom stereocenters. The number of hydrogen-bond donors (Lipinski definition) is 4. The SMILES string of the molecule is CCC(=O)O.CCC(=O)O.OCc1c(F)c(F)c(CO)c(F)c1F. The van der Waals surface area contributed by atoms with Crippen molar-refractivity contribution < 1.29 is 47.6 Å². The van der Waals surface area contributed by atoms with Crippen molar-refractivity contribution in [3.8, 4) is 0 Å². The number of carbonyl (C=O) groups is 2. The number of benzene rings is 1. The van der Waals surface area contributed by atoms with Gasteiger partial charge in [-0.25, -0.2) is 17.6 Å². The molecule has 0 unspecified atom stereocenters. The highest BCUT2D eigenvalue weighted by molar-refractivity contribution is 5.66. The minimum Gasteiger partial charge on any atom is -0.481 e. The first-order chi connectivity index (χ1) is 11.1. The second-order valence-corrected chi connectivity index (χ2v) is 4.02. The summed E-state index contributed by atoms with van der Waals surface area (Å²) in [7, 11) is 0. The fraction of sp³-hybridized carbons (Fsp3) is 0.429. The zero-order valence-electron chi connectivity index (χ0n) is 12.9. The smallest absolute Gasteiger partial charge is 0.303 e. The Bertz CT molecular complexity index is 485. The van der Waals surface area contributed by atoms with Crippen LogP contribution >= 0.6 is 0 Å². The van der Waals surface area contributed by atoms with Gasteiger partial charge in [0.25, 0.3) is 0 Å². The Kier molecular flexibility index (Phi) is 12.3. The molecule has 0 aliphatic carbocycles. The van der Waals surface area contributed by atoms with E-state index in [-0.39, 0.29) is 12.8 Å². The largest absolute Gasteiger partial charge is 0.481 e. The fourth-order valence-electron chi connectivity index (χ4n) is 1.00. The van der Waals surface area contributed by atoms with E-state index in [1.807, 2.05) is 0 Å². The van der Waals surface area contributed by atoms with E-state index < -0.39 is 59.5 Å². The monoisotopic (exact) mass is 358 g/mol. The Morgan fingerprint density at radius 3 is 0.958 bits per heavy atom. The van der Waals surface area contributed by atoms with Crippen LogP contribution in [0.15, 0.2) is 0 Å². The number of carboxylic acids is 2. The number of carboxylic acid groups (broad SMARTS) is 2. The summed E-state index contributed by atoms with van der Waals surface area (Å²) < 4.78 is 51.4. The molecule has 1 aromatic carbocycles. The molecule has 0 amide bonds. The standard InChI is InChI=1S/C8H6F4O2.2C3H6O2/c9-5-3(1-13)6(10)8(12)4(2-14)7(5)11;2*1-2-3(4)5/h13-14H,1-2H2;2*2H2,1H3,(H,4,5). The first-order valence-corrected chi connectivity index (χ1v) is 6.57. The van der Waals surface area contributed by atoms with Crippen molar-refractivity contribution in [1.29, 1.82) is 0 Å². The van der Waals surface area contributed by atoms with Gasteiger partial charge in [-0.15, -0.1) is 0 Å². The Labute approximate surface area is 135 Å². The summed E-state index contributed by atoms with van der Waals surface area (Å²) >= 11 is 0. The summed E-state index contributed by atoms with van der Waals surface area (Å²) in [5, 5.41) is 32.3. The lowest BCUT2D eigenvalue weighted by atomic mass is 10.1. The van der Waals surface area contributed by atoms with Gasteiger partial charge in [-0.1, -0.05) is 13.8 Å². The van der Waals surface area contributed by atoms with Crippen molar-refractivity contribution in [2.75, 3.05) is 0 Å². The Morgan fingerprint density at radius 1 is 0.708 bits per heavy atom. The molecule has 4 N–H and O–H groups in total. The first kappa shape index (κ1) is 24.1. The van der Waals surface area contributed by atoms with Crippen molar-refractivity contribution in [3.05, 3.63) is 34.4 Å². The van der Waals surface area contributed by atoms with Gasteiger partial charge in [-0.2, -0.15) is 0 Å². The van der Waals surface area contributed by atoms with E-state index in [0.717, 1.165) is 0 Å². The third-order valence-corrected chi connectivity index (χ3v) is 2.37. The van der Waals surface area contributed by atoms with Crippen LogP contribution in [0.5, 0.6) is 0 Å². The summed E-state index contributed by atoms with van der Waals surface area (Å²) in [6.07, 6.45) is 0.444. The second kappa shape index (κ2) is 12.3.